The molecule has 0 bridgehead atoms. The van der Waals surface area contributed by atoms with Crippen LogP contribution in [0.2, 0.25) is 0 Å². The molecule has 2 spiro atoms. The Kier molecular flexibility index (Phi) is 5.29. The lowest BCUT2D eigenvalue weighted by Gasteiger charge is -2.27. The summed E-state index contributed by atoms with van der Waals surface area (Å²) in [6.45, 7) is 0. The van der Waals surface area contributed by atoms with Crippen molar-refractivity contribution in [3.63, 3.8) is 0 Å². The van der Waals surface area contributed by atoms with Crippen molar-refractivity contribution in [3.8, 4) is 44.5 Å². The van der Waals surface area contributed by atoms with Crippen molar-refractivity contribution in [2.75, 3.05) is 0 Å². The number of rotatable bonds is 2. The second-order valence-electron chi connectivity index (χ2n) is 14.6. The number of fused-ring (bicyclic) bond motifs is 12. The lowest BCUT2D eigenvalue weighted by molar-refractivity contribution is 0.563. The van der Waals surface area contributed by atoms with E-state index in [1.165, 1.54) is 89.0 Å². The average molecular weight is 611 g/mol. The van der Waals surface area contributed by atoms with E-state index < -0.39 is 0 Å². The number of benzene rings is 7. The van der Waals surface area contributed by atoms with Gasteiger partial charge in [-0.05, 0) is 127 Å². The summed E-state index contributed by atoms with van der Waals surface area (Å²) in [7, 11) is 0. The molecule has 0 nitrogen and oxygen atoms in total. The molecule has 7 aromatic carbocycles. The first kappa shape index (κ1) is 26.6. The minimum Gasteiger partial charge on any atom is -0.0620 e. The molecule has 0 unspecified atom stereocenters. The van der Waals surface area contributed by atoms with Gasteiger partial charge in [0.05, 0.1) is 0 Å². The van der Waals surface area contributed by atoms with Gasteiger partial charge in [-0.15, -0.1) is 0 Å². The second kappa shape index (κ2) is 9.55. The van der Waals surface area contributed by atoms with Gasteiger partial charge in [0.2, 0.25) is 0 Å². The Morgan fingerprint density at radius 3 is 0.979 bits per heavy atom. The molecule has 0 radical (unpaired) electrons. The van der Waals surface area contributed by atoms with Gasteiger partial charge < -0.3 is 0 Å². The van der Waals surface area contributed by atoms with E-state index in [2.05, 4.69) is 158 Å². The molecule has 0 aliphatic heterocycles. The number of hydrogen-bond acceptors (Lipinski definition) is 0. The van der Waals surface area contributed by atoms with Crippen LogP contribution in [0.25, 0.3) is 44.5 Å². The maximum atomic E-state index is 2.50. The molecule has 0 N–H and O–H groups in total. The SMILES string of the molecule is c1ccc2c(c1)CC1(C2)c2ccccc2-c2ccc(-c3ccc(-c4ccc5c(c4)C4(Cc6ccccc6C4)c4ccccc4-5)cc3)cc21. The lowest BCUT2D eigenvalue weighted by atomic mass is 9.75. The second-order valence-corrected chi connectivity index (χ2v) is 14.6. The zero-order valence-corrected chi connectivity index (χ0v) is 26.8. The highest BCUT2D eigenvalue weighted by Crippen LogP contribution is 2.57. The van der Waals surface area contributed by atoms with E-state index in [0.29, 0.717) is 0 Å². The molecule has 48 heavy (non-hydrogen) atoms. The summed E-state index contributed by atoms with van der Waals surface area (Å²) in [5.41, 5.74) is 22.8. The molecule has 0 saturated carbocycles. The van der Waals surface area contributed by atoms with Crippen LogP contribution in [0.4, 0.5) is 0 Å². The molecule has 4 aliphatic carbocycles. The van der Waals surface area contributed by atoms with E-state index in [9.17, 15) is 0 Å². The predicted molar refractivity (Wildman–Crippen MR) is 197 cm³/mol. The van der Waals surface area contributed by atoms with Gasteiger partial charge in [-0.2, -0.15) is 0 Å². The Hall–Kier alpha value is -5.46. The molecule has 0 aromatic heterocycles. The van der Waals surface area contributed by atoms with E-state index >= 15 is 0 Å². The highest BCUT2D eigenvalue weighted by molar-refractivity contribution is 5.87. The maximum Gasteiger partial charge on any atom is 0.0296 e. The summed E-state index contributed by atoms with van der Waals surface area (Å²) in [6.07, 6.45) is 4.30. The normalized spacial score (nSPS) is 16.3. The van der Waals surface area contributed by atoms with Crippen LogP contribution >= 0.6 is 0 Å². The quantitative estimate of drug-likeness (QED) is 0.183. The zero-order valence-electron chi connectivity index (χ0n) is 26.8. The summed E-state index contributed by atoms with van der Waals surface area (Å²) in [5.74, 6) is 0. The third-order valence-corrected chi connectivity index (χ3v) is 12.3. The van der Waals surface area contributed by atoms with Crippen LogP contribution in [0.3, 0.4) is 0 Å². The Morgan fingerprint density at radius 2 is 0.583 bits per heavy atom. The minimum atomic E-state index is 0.0173. The van der Waals surface area contributed by atoms with Crippen LogP contribution in [0, 0.1) is 0 Å². The molecule has 11 rings (SSSR count). The molecule has 0 atom stereocenters. The van der Waals surface area contributed by atoms with Crippen molar-refractivity contribution < 1.29 is 0 Å². The van der Waals surface area contributed by atoms with Crippen molar-refractivity contribution in [2.45, 2.75) is 36.5 Å². The molecular weight excluding hydrogens is 577 g/mol. The monoisotopic (exact) mass is 610 g/mol. The van der Waals surface area contributed by atoms with Crippen LogP contribution in [0.1, 0.15) is 44.5 Å². The van der Waals surface area contributed by atoms with Gasteiger partial charge in [0.25, 0.3) is 0 Å². The molecule has 7 aromatic rings. The third kappa shape index (κ3) is 3.50. The summed E-state index contributed by atoms with van der Waals surface area (Å²) in [5, 5.41) is 0. The van der Waals surface area contributed by atoms with E-state index in [1.54, 1.807) is 0 Å². The fourth-order valence-electron chi connectivity index (χ4n) is 10.1. The van der Waals surface area contributed by atoms with Gasteiger partial charge in [0.15, 0.2) is 0 Å². The minimum absolute atomic E-state index is 0.0173. The molecule has 0 saturated heterocycles. The Balaban J connectivity index is 0.972. The molecular formula is C48H34. The van der Waals surface area contributed by atoms with Crippen LogP contribution < -0.4 is 0 Å². The van der Waals surface area contributed by atoms with Crippen LogP contribution in [0.5, 0.6) is 0 Å². The van der Waals surface area contributed by atoms with Crippen LogP contribution in [-0.4, -0.2) is 0 Å². The van der Waals surface area contributed by atoms with Gasteiger partial charge in [0.1, 0.15) is 0 Å². The number of hydrogen-bond donors (Lipinski definition) is 0. The molecule has 0 heterocycles. The standard InChI is InChI=1S/C48H34/c1-2-10-36-28-47(27-35(36)9-1)43-15-7-5-13-39(43)41-23-21-33(25-45(41)47)31-17-19-32(20-18-31)34-22-24-42-40-14-6-8-16-44(40)48(46(42)26-34)29-37-11-3-4-12-38(37)30-48/h1-26H,27-30H2. The smallest absolute Gasteiger partial charge is 0.0296 e. The third-order valence-electron chi connectivity index (χ3n) is 12.3. The Morgan fingerprint density at radius 1 is 0.271 bits per heavy atom. The topological polar surface area (TPSA) is 0 Å². The first-order chi connectivity index (χ1) is 23.7. The first-order valence-electron chi connectivity index (χ1n) is 17.4. The largest absolute Gasteiger partial charge is 0.0620 e. The fraction of sp³-hybridized carbons (Fsp3) is 0.125. The zero-order chi connectivity index (χ0) is 31.5. The average Bonchev–Trinajstić information content (AvgIpc) is 3.88. The van der Waals surface area contributed by atoms with Gasteiger partial charge in [0, 0.05) is 10.8 Å². The van der Waals surface area contributed by atoms with Crippen LogP contribution in [-0.2, 0) is 36.5 Å². The van der Waals surface area contributed by atoms with Crippen LogP contribution in [0.15, 0.2) is 158 Å². The van der Waals surface area contributed by atoms with Gasteiger partial charge in [-0.25, -0.2) is 0 Å². The van der Waals surface area contributed by atoms with Crippen molar-refractivity contribution in [2.24, 2.45) is 0 Å². The Labute approximate surface area is 282 Å². The first-order valence-corrected chi connectivity index (χ1v) is 17.4. The van der Waals surface area contributed by atoms with Crippen molar-refractivity contribution >= 4 is 0 Å². The highest BCUT2D eigenvalue weighted by Gasteiger charge is 2.48. The van der Waals surface area contributed by atoms with E-state index in [4.69, 9.17) is 0 Å². The van der Waals surface area contributed by atoms with Crippen molar-refractivity contribution in [3.05, 3.63) is 202 Å². The van der Waals surface area contributed by atoms with E-state index in [-0.39, 0.29) is 10.8 Å². The fourth-order valence-corrected chi connectivity index (χ4v) is 10.1. The van der Waals surface area contributed by atoms with E-state index in [1.807, 2.05) is 0 Å². The Bertz CT molecular complexity index is 2230. The molecule has 0 fully saturated rings. The summed E-state index contributed by atoms with van der Waals surface area (Å²) >= 11 is 0. The summed E-state index contributed by atoms with van der Waals surface area (Å²) in [6, 6.07) is 60.1. The maximum absolute atomic E-state index is 2.50. The molecule has 226 valence electrons. The van der Waals surface area contributed by atoms with Gasteiger partial charge in [-0.3, -0.25) is 0 Å². The summed E-state index contributed by atoms with van der Waals surface area (Å²) in [4.78, 5) is 0. The van der Waals surface area contributed by atoms with E-state index in [0.717, 1.165) is 25.7 Å². The molecule has 0 heteroatoms. The molecule has 0 amide bonds. The summed E-state index contributed by atoms with van der Waals surface area (Å²) < 4.78 is 0. The predicted octanol–water partition coefficient (Wildman–Crippen LogP) is 11.2. The lowest BCUT2D eigenvalue weighted by Crippen LogP contribution is -2.25. The highest BCUT2D eigenvalue weighted by atomic mass is 14.5. The van der Waals surface area contributed by atoms with Gasteiger partial charge >= 0.3 is 0 Å². The van der Waals surface area contributed by atoms with Crippen molar-refractivity contribution in [1.82, 2.24) is 0 Å². The van der Waals surface area contributed by atoms with Crippen molar-refractivity contribution in [1.29, 1.82) is 0 Å². The van der Waals surface area contributed by atoms with Gasteiger partial charge in [-0.1, -0.05) is 146 Å². The molecule has 4 aliphatic rings.